The molecule has 1 rings (SSSR count). The molecular formula is C14H19NO4. The quantitative estimate of drug-likeness (QED) is 0.849. The number of hydrogen-bond acceptors (Lipinski definition) is 4. The van der Waals surface area contributed by atoms with Crippen LogP contribution in [0.15, 0.2) is 18.2 Å². The molecule has 19 heavy (non-hydrogen) atoms. The first-order valence-electron chi connectivity index (χ1n) is 6.03. The topological polar surface area (TPSA) is 64.6 Å². The van der Waals surface area contributed by atoms with Crippen LogP contribution in [0, 0.1) is 5.92 Å². The van der Waals surface area contributed by atoms with Gasteiger partial charge in [-0.2, -0.15) is 0 Å². The highest BCUT2D eigenvalue weighted by Gasteiger charge is 2.19. The zero-order chi connectivity index (χ0) is 14.4. The van der Waals surface area contributed by atoms with Crippen molar-refractivity contribution in [3.8, 4) is 11.5 Å². The van der Waals surface area contributed by atoms with Gasteiger partial charge in [0, 0.05) is 5.92 Å². The molecule has 104 valence electrons. The number of ketones is 1. The fraction of sp³-hybridized carbons (Fsp3) is 0.429. The molecule has 0 aliphatic heterocycles. The zero-order valence-electron chi connectivity index (χ0n) is 11.6. The zero-order valence-corrected chi connectivity index (χ0v) is 11.6. The van der Waals surface area contributed by atoms with E-state index in [2.05, 4.69) is 5.32 Å². The molecule has 1 N–H and O–H groups in total. The van der Waals surface area contributed by atoms with Gasteiger partial charge in [-0.15, -0.1) is 0 Å². The lowest BCUT2D eigenvalue weighted by atomic mass is 10.1. The van der Waals surface area contributed by atoms with Crippen molar-refractivity contribution in [3.05, 3.63) is 23.8 Å². The predicted molar refractivity (Wildman–Crippen MR) is 71.7 cm³/mol. The smallest absolute Gasteiger partial charge is 0.259 e. The molecule has 5 heteroatoms. The summed E-state index contributed by atoms with van der Waals surface area (Å²) in [6.07, 6.45) is 0. The average Bonchev–Trinajstić information content (AvgIpc) is 2.42. The van der Waals surface area contributed by atoms with Crippen LogP contribution >= 0.6 is 0 Å². The van der Waals surface area contributed by atoms with Crippen molar-refractivity contribution >= 4 is 11.7 Å². The number of hydrogen-bond donors (Lipinski definition) is 1. The molecule has 5 nitrogen and oxygen atoms in total. The minimum absolute atomic E-state index is 0.00228. The molecule has 0 aromatic heterocycles. The molecular weight excluding hydrogens is 246 g/mol. The molecule has 1 aromatic rings. The second-order valence-electron chi connectivity index (χ2n) is 4.34. The Kier molecular flexibility index (Phi) is 5.36. The molecule has 0 radical (unpaired) electrons. The summed E-state index contributed by atoms with van der Waals surface area (Å²) >= 11 is 0. The van der Waals surface area contributed by atoms with E-state index in [1.54, 1.807) is 32.0 Å². The van der Waals surface area contributed by atoms with Crippen LogP contribution in [-0.4, -0.2) is 32.5 Å². The van der Waals surface area contributed by atoms with Crippen molar-refractivity contribution in [2.75, 3.05) is 20.8 Å². The summed E-state index contributed by atoms with van der Waals surface area (Å²) in [4.78, 5) is 23.6. The number of methoxy groups -OCH3 is 2. The Morgan fingerprint density at radius 3 is 2.11 bits per heavy atom. The second-order valence-corrected chi connectivity index (χ2v) is 4.34. The Morgan fingerprint density at radius 1 is 1.16 bits per heavy atom. The van der Waals surface area contributed by atoms with Gasteiger partial charge in [-0.25, -0.2) is 0 Å². The van der Waals surface area contributed by atoms with Gasteiger partial charge in [0.15, 0.2) is 5.78 Å². The Balaban J connectivity index is 2.90. The SMILES string of the molecule is COc1cccc(OC)c1C(=O)NCC(=O)C(C)C. The third-order valence-electron chi connectivity index (χ3n) is 2.72. The van der Waals surface area contributed by atoms with E-state index in [0.717, 1.165) is 0 Å². The lowest BCUT2D eigenvalue weighted by Crippen LogP contribution is -2.32. The molecule has 0 heterocycles. The Morgan fingerprint density at radius 2 is 1.68 bits per heavy atom. The summed E-state index contributed by atoms with van der Waals surface area (Å²) in [5.41, 5.74) is 0.295. The fourth-order valence-electron chi connectivity index (χ4n) is 1.53. The van der Waals surface area contributed by atoms with Gasteiger partial charge in [-0.3, -0.25) is 9.59 Å². The highest BCUT2D eigenvalue weighted by atomic mass is 16.5. The van der Waals surface area contributed by atoms with E-state index in [9.17, 15) is 9.59 Å². The van der Waals surface area contributed by atoms with Gasteiger partial charge in [0.25, 0.3) is 5.91 Å². The molecule has 0 bridgehead atoms. The molecule has 0 aliphatic rings. The summed E-state index contributed by atoms with van der Waals surface area (Å²) < 4.78 is 10.3. The maximum absolute atomic E-state index is 12.1. The van der Waals surface area contributed by atoms with Crippen molar-refractivity contribution in [1.82, 2.24) is 5.32 Å². The maximum atomic E-state index is 12.1. The number of carbonyl (C=O) groups is 2. The molecule has 0 fully saturated rings. The van der Waals surface area contributed by atoms with Crippen molar-refractivity contribution in [1.29, 1.82) is 0 Å². The van der Waals surface area contributed by atoms with Gasteiger partial charge in [-0.05, 0) is 12.1 Å². The van der Waals surface area contributed by atoms with E-state index in [4.69, 9.17) is 9.47 Å². The predicted octanol–water partition coefficient (Wildman–Crippen LogP) is 1.66. The van der Waals surface area contributed by atoms with E-state index >= 15 is 0 Å². The van der Waals surface area contributed by atoms with Gasteiger partial charge in [0.1, 0.15) is 17.1 Å². The number of amides is 1. The third-order valence-corrected chi connectivity index (χ3v) is 2.72. The van der Waals surface area contributed by atoms with Crippen LogP contribution in [0.5, 0.6) is 11.5 Å². The summed E-state index contributed by atoms with van der Waals surface area (Å²) in [6, 6.07) is 5.07. The van der Waals surface area contributed by atoms with Crippen LogP contribution in [0.4, 0.5) is 0 Å². The standard InChI is InChI=1S/C14H19NO4/c1-9(2)10(16)8-15-14(17)13-11(18-3)6-5-7-12(13)19-4/h5-7,9H,8H2,1-4H3,(H,15,17). The Labute approximate surface area is 112 Å². The minimum atomic E-state index is -0.386. The molecule has 0 saturated heterocycles. The minimum Gasteiger partial charge on any atom is -0.496 e. The van der Waals surface area contributed by atoms with Crippen molar-refractivity contribution < 1.29 is 19.1 Å². The number of Topliss-reactive ketones (excluding diaryl/α,β-unsaturated/α-hetero) is 1. The molecule has 0 spiro atoms. The highest BCUT2D eigenvalue weighted by Crippen LogP contribution is 2.27. The summed E-state index contributed by atoms with van der Waals surface area (Å²) in [6.45, 7) is 3.58. The number of ether oxygens (including phenoxy) is 2. The summed E-state index contributed by atoms with van der Waals surface area (Å²) in [5.74, 6) is 0.299. The van der Waals surface area contributed by atoms with Crippen LogP contribution in [0.2, 0.25) is 0 Å². The van der Waals surface area contributed by atoms with Crippen LogP contribution in [0.25, 0.3) is 0 Å². The van der Waals surface area contributed by atoms with E-state index in [-0.39, 0.29) is 24.2 Å². The Hall–Kier alpha value is -2.04. The van der Waals surface area contributed by atoms with Gasteiger partial charge >= 0.3 is 0 Å². The van der Waals surface area contributed by atoms with Crippen LogP contribution in [0.3, 0.4) is 0 Å². The lowest BCUT2D eigenvalue weighted by molar-refractivity contribution is -0.120. The third kappa shape index (κ3) is 3.71. The molecule has 1 aromatic carbocycles. The van der Waals surface area contributed by atoms with Crippen molar-refractivity contribution in [3.63, 3.8) is 0 Å². The first-order valence-corrected chi connectivity index (χ1v) is 6.03. The van der Waals surface area contributed by atoms with Gasteiger partial charge in [-0.1, -0.05) is 19.9 Å². The van der Waals surface area contributed by atoms with E-state index in [1.165, 1.54) is 14.2 Å². The molecule has 0 saturated carbocycles. The van der Waals surface area contributed by atoms with Gasteiger partial charge < -0.3 is 14.8 Å². The summed E-state index contributed by atoms with van der Waals surface area (Å²) in [5, 5.41) is 2.58. The van der Waals surface area contributed by atoms with Crippen LogP contribution in [-0.2, 0) is 4.79 Å². The van der Waals surface area contributed by atoms with Crippen molar-refractivity contribution in [2.24, 2.45) is 5.92 Å². The number of rotatable bonds is 6. The largest absolute Gasteiger partial charge is 0.496 e. The van der Waals surface area contributed by atoms with Crippen LogP contribution in [0.1, 0.15) is 24.2 Å². The fourth-order valence-corrected chi connectivity index (χ4v) is 1.53. The Bertz CT molecular complexity index is 446. The monoisotopic (exact) mass is 265 g/mol. The number of carbonyl (C=O) groups excluding carboxylic acids is 2. The molecule has 0 atom stereocenters. The second kappa shape index (κ2) is 6.78. The van der Waals surface area contributed by atoms with E-state index in [0.29, 0.717) is 17.1 Å². The summed E-state index contributed by atoms with van der Waals surface area (Å²) in [7, 11) is 2.95. The molecule has 0 unspecified atom stereocenters. The number of nitrogens with one attached hydrogen (secondary N) is 1. The number of benzene rings is 1. The lowest BCUT2D eigenvalue weighted by Gasteiger charge is -2.13. The molecule has 0 aliphatic carbocycles. The maximum Gasteiger partial charge on any atom is 0.259 e. The average molecular weight is 265 g/mol. The van der Waals surface area contributed by atoms with Crippen LogP contribution < -0.4 is 14.8 Å². The van der Waals surface area contributed by atoms with Gasteiger partial charge in [0.2, 0.25) is 0 Å². The normalized spacial score (nSPS) is 10.2. The first kappa shape index (κ1) is 15.0. The van der Waals surface area contributed by atoms with Gasteiger partial charge in [0.05, 0.1) is 20.8 Å². The van der Waals surface area contributed by atoms with E-state index in [1.807, 2.05) is 0 Å². The van der Waals surface area contributed by atoms with E-state index < -0.39 is 0 Å². The van der Waals surface area contributed by atoms with Crippen molar-refractivity contribution in [2.45, 2.75) is 13.8 Å². The highest BCUT2D eigenvalue weighted by molar-refractivity contribution is 6.01. The molecule has 1 amide bonds. The first-order chi connectivity index (χ1) is 9.01.